The molecule has 0 aliphatic carbocycles. The van der Waals surface area contributed by atoms with E-state index in [1.807, 2.05) is 6.55 Å². The predicted molar refractivity (Wildman–Crippen MR) is 40.0 cm³/mol. The molecule has 0 atom stereocenters. The van der Waals surface area contributed by atoms with E-state index in [1.165, 1.54) is 0 Å². The Morgan fingerprint density at radius 1 is 1.67 bits per heavy atom. The third-order valence-corrected chi connectivity index (χ3v) is 1.65. The molecular weight excluding hydrogens is 132 g/mol. The van der Waals surface area contributed by atoms with Crippen molar-refractivity contribution in [1.82, 2.24) is 0 Å². The van der Waals surface area contributed by atoms with E-state index in [9.17, 15) is 4.79 Å². The number of unbranched alkanes of at least 4 members (excludes halogenated alkanes) is 1. The van der Waals surface area contributed by atoms with Crippen LogP contribution in [0.3, 0.4) is 0 Å². The van der Waals surface area contributed by atoms with Crippen molar-refractivity contribution in [1.29, 1.82) is 0 Å². The highest BCUT2D eigenvalue weighted by molar-refractivity contribution is 6.28. The van der Waals surface area contributed by atoms with E-state index in [-0.39, 0.29) is 5.97 Å². The highest BCUT2D eigenvalue weighted by atomic mass is 28.2. The van der Waals surface area contributed by atoms with E-state index in [1.54, 1.807) is 0 Å². The maximum atomic E-state index is 10.6. The summed E-state index contributed by atoms with van der Waals surface area (Å²) in [6.07, 6.45) is 2.64. The lowest BCUT2D eigenvalue weighted by Gasteiger charge is -1.98. The summed E-state index contributed by atoms with van der Waals surface area (Å²) in [4.78, 5) is 10.6. The van der Waals surface area contributed by atoms with E-state index in [2.05, 4.69) is 6.92 Å². The van der Waals surface area contributed by atoms with Gasteiger partial charge in [0.1, 0.15) is 0 Å². The van der Waals surface area contributed by atoms with Crippen molar-refractivity contribution in [3.05, 3.63) is 0 Å². The molecule has 0 aromatic rings. The van der Waals surface area contributed by atoms with Crippen molar-refractivity contribution in [3.8, 4) is 0 Å². The Morgan fingerprint density at radius 3 is 2.78 bits per heavy atom. The van der Waals surface area contributed by atoms with Gasteiger partial charge in [0.25, 0.3) is 5.97 Å². The monoisotopic (exact) mass is 146 g/mol. The first-order valence-corrected chi connectivity index (χ1v) is 5.46. The fourth-order valence-electron chi connectivity index (χ4n) is 0.554. The second-order valence-corrected chi connectivity index (χ2v) is 2.77. The van der Waals surface area contributed by atoms with Crippen molar-refractivity contribution in [2.24, 2.45) is 0 Å². The Bertz CT molecular complexity index is 83.1. The molecule has 0 saturated heterocycles. The van der Waals surface area contributed by atoms with Crippen LogP contribution in [0.4, 0.5) is 0 Å². The van der Waals surface area contributed by atoms with Crippen molar-refractivity contribution >= 4 is 15.7 Å². The first kappa shape index (κ1) is 8.69. The van der Waals surface area contributed by atoms with Gasteiger partial charge in [-0.3, -0.25) is 4.79 Å². The molecule has 54 valence electrons. The van der Waals surface area contributed by atoms with E-state index < -0.39 is 9.76 Å². The van der Waals surface area contributed by atoms with E-state index >= 15 is 0 Å². The molecule has 3 heteroatoms. The number of hydrogen-bond acceptors (Lipinski definition) is 2. The average Bonchev–Trinajstić information content (AvgIpc) is 1.85. The number of carbonyl (C=O) groups is 1. The van der Waals surface area contributed by atoms with Gasteiger partial charge in [-0.25, -0.2) is 0 Å². The van der Waals surface area contributed by atoms with Crippen LogP contribution in [0, 0.1) is 0 Å². The van der Waals surface area contributed by atoms with E-state index in [4.69, 9.17) is 4.43 Å². The Labute approximate surface area is 58.5 Å². The van der Waals surface area contributed by atoms with Gasteiger partial charge in [-0.05, 0) is 13.0 Å². The van der Waals surface area contributed by atoms with Gasteiger partial charge in [0.05, 0.1) is 0 Å². The molecule has 0 radical (unpaired) electrons. The van der Waals surface area contributed by atoms with Crippen LogP contribution < -0.4 is 0 Å². The normalized spacial score (nSPS) is 10.4. The number of hydrogen-bond donors (Lipinski definition) is 0. The van der Waals surface area contributed by atoms with E-state index in [0.717, 1.165) is 12.8 Å². The molecule has 0 aliphatic rings. The molecule has 0 heterocycles. The summed E-state index contributed by atoms with van der Waals surface area (Å²) in [6, 6.07) is 0. The molecule has 0 fully saturated rings. The van der Waals surface area contributed by atoms with Crippen molar-refractivity contribution < 1.29 is 9.22 Å². The van der Waals surface area contributed by atoms with Crippen LogP contribution in [0.5, 0.6) is 0 Å². The number of carbonyl (C=O) groups excluding carboxylic acids is 1. The first-order chi connectivity index (χ1) is 4.31. The summed E-state index contributed by atoms with van der Waals surface area (Å²) in [6.45, 7) is 4.03. The van der Waals surface area contributed by atoms with Crippen molar-refractivity contribution in [2.45, 2.75) is 32.7 Å². The molecule has 2 nitrogen and oxygen atoms in total. The molecule has 0 amide bonds. The van der Waals surface area contributed by atoms with E-state index in [0.29, 0.717) is 6.42 Å². The van der Waals surface area contributed by atoms with Crippen LogP contribution >= 0.6 is 0 Å². The summed E-state index contributed by atoms with van der Waals surface area (Å²) in [7, 11) is -0.511. The fraction of sp³-hybridized carbons (Fsp3) is 0.833. The fourth-order valence-corrected chi connectivity index (χ4v) is 1.02. The van der Waals surface area contributed by atoms with Gasteiger partial charge < -0.3 is 4.43 Å². The molecule has 0 aromatic heterocycles. The lowest BCUT2D eigenvalue weighted by atomic mass is 10.3. The summed E-state index contributed by atoms with van der Waals surface area (Å²) in [5.74, 6) is -0.00832. The molecule has 0 N–H and O–H groups in total. The second-order valence-electron chi connectivity index (χ2n) is 1.91. The van der Waals surface area contributed by atoms with Crippen LogP contribution in [-0.2, 0) is 9.22 Å². The van der Waals surface area contributed by atoms with Crippen LogP contribution in [0.2, 0.25) is 6.55 Å². The SMILES string of the molecule is CCCCC(=O)O[SiH2]C. The smallest absolute Gasteiger partial charge is 0.292 e. The summed E-state index contributed by atoms with van der Waals surface area (Å²) in [5, 5.41) is 0. The van der Waals surface area contributed by atoms with Crippen LogP contribution in [0.1, 0.15) is 26.2 Å². The average molecular weight is 146 g/mol. The zero-order chi connectivity index (χ0) is 7.11. The standard InChI is InChI=1S/C6H14O2Si/c1-3-4-5-6(7)8-9-2/h3-5,9H2,1-2H3. The maximum Gasteiger partial charge on any atom is 0.292 e. The van der Waals surface area contributed by atoms with Gasteiger partial charge in [-0.15, -0.1) is 0 Å². The zero-order valence-electron chi connectivity index (χ0n) is 6.14. The minimum Gasteiger partial charge on any atom is -0.525 e. The minimum atomic E-state index is -0.511. The summed E-state index contributed by atoms with van der Waals surface area (Å²) in [5.41, 5.74) is 0. The Kier molecular flexibility index (Phi) is 5.61. The Hall–Kier alpha value is -0.313. The molecule has 0 spiro atoms. The highest BCUT2D eigenvalue weighted by Crippen LogP contribution is 1.94. The number of rotatable bonds is 4. The third kappa shape index (κ3) is 5.56. The van der Waals surface area contributed by atoms with Gasteiger partial charge in [0.2, 0.25) is 9.76 Å². The van der Waals surface area contributed by atoms with Gasteiger partial charge in [-0.1, -0.05) is 13.3 Å². The predicted octanol–water partition coefficient (Wildman–Crippen LogP) is 0.852. The summed E-state index contributed by atoms with van der Waals surface area (Å²) < 4.78 is 4.84. The molecule has 9 heavy (non-hydrogen) atoms. The lowest BCUT2D eigenvalue weighted by molar-refractivity contribution is -0.134. The molecule has 0 saturated carbocycles. The minimum absolute atomic E-state index is 0.00832. The first-order valence-electron chi connectivity index (χ1n) is 3.46. The Balaban J connectivity index is 3.06. The third-order valence-electron chi connectivity index (χ3n) is 1.04. The molecule has 0 rings (SSSR count). The molecular formula is C6H14O2Si. The van der Waals surface area contributed by atoms with Gasteiger partial charge in [0.15, 0.2) is 0 Å². The second kappa shape index (κ2) is 5.82. The summed E-state index contributed by atoms with van der Waals surface area (Å²) >= 11 is 0. The van der Waals surface area contributed by atoms with Gasteiger partial charge in [0, 0.05) is 6.42 Å². The lowest BCUT2D eigenvalue weighted by Crippen LogP contribution is -2.04. The Morgan fingerprint density at radius 2 is 2.33 bits per heavy atom. The van der Waals surface area contributed by atoms with Crippen LogP contribution in [-0.4, -0.2) is 15.7 Å². The van der Waals surface area contributed by atoms with Gasteiger partial charge >= 0.3 is 0 Å². The van der Waals surface area contributed by atoms with Crippen LogP contribution in [0.15, 0.2) is 0 Å². The van der Waals surface area contributed by atoms with Crippen molar-refractivity contribution in [3.63, 3.8) is 0 Å². The molecule has 0 aliphatic heterocycles. The largest absolute Gasteiger partial charge is 0.525 e. The zero-order valence-corrected chi connectivity index (χ0v) is 7.56. The van der Waals surface area contributed by atoms with Crippen molar-refractivity contribution in [2.75, 3.05) is 0 Å². The topological polar surface area (TPSA) is 26.3 Å². The molecule has 0 bridgehead atoms. The molecule has 0 unspecified atom stereocenters. The molecule has 0 aromatic carbocycles. The maximum absolute atomic E-state index is 10.6. The quantitative estimate of drug-likeness (QED) is 0.550. The highest BCUT2D eigenvalue weighted by Gasteiger charge is 1.97. The van der Waals surface area contributed by atoms with Crippen LogP contribution in [0.25, 0.3) is 0 Å². The van der Waals surface area contributed by atoms with Gasteiger partial charge in [-0.2, -0.15) is 0 Å².